The van der Waals surface area contributed by atoms with Crippen LogP contribution in [0.4, 0.5) is 26.8 Å². The fourth-order valence-corrected chi connectivity index (χ4v) is 2.86. The second kappa shape index (κ2) is 7.92. The van der Waals surface area contributed by atoms with E-state index < -0.39 is 6.09 Å². The van der Waals surface area contributed by atoms with E-state index in [1.54, 1.807) is 24.3 Å². The number of aromatic nitrogens is 1. The fraction of sp³-hybridized carbons (Fsp3) is 0.235. The summed E-state index contributed by atoms with van der Waals surface area (Å²) >= 11 is 6.08. The maximum absolute atomic E-state index is 12.1. The molecule has 3 amide bonds. The zero-order valence-corrected chi connectivity index (χ0v) is 14.6. The first-order valence-corrected chi connectivity index (χ1v) is 8.42. The van der Waals surface area contributed by atoms with Crippen molar-refractivity contribution >= 4 is 40.9 Å². The third-order valence-electron chi connectivity index (χ3n) is 3.94. The van der Waals surface area contributed by atoms with Gasteiger partial charge in [-0.3, -0.25) is 0 Å². The van der Waals surface area contributed by atoms with Crippen molar-refractivity contribution in [3.05, 3.63) is 47.6 Å². The predicted octanol–water partition coefficient (Wildman–Crippen LogP) is 3.18. The van der Waals surface area contributed by atoms with Gasteiger partial charge < -0.3 is 25.5 Å². The number of urea groups is 1. The van der Waals surface area contributed by atoms with Crippen LogP contribution in [-0.2, 0) is 0 Å². The summed E-state index contributed by atoms with van der Waals surface area (Å²) in [6.07, 6.45) is -0.927. The summed E-state index contributed by atoms with van der Waals surface area (Å²) in [6, 6.07) is 12.0. The number of carbonyl (C=O) groups is 2. The van der Waals surface area contributed by atoms with Gasteiger partial charge in [0.1, 0.15) is 11.0 Å². The Morgan fingerprint density at radius 1 is 1.00 bits per heavy atom. The minimum atomic E-state index is -0.927. The third-order valence-corrected chi connectivity index (χ3v) is 4.14. The van der Waals surface area contributed by atoms with Crippen LogP contribution in [0.3, 0.4) is 0 Å². The minimum Gasteiger partial charge on any atom is -0.465 e. The molecule has 9 heteroatoms. The molecule has 2 heterocycles. The second-order valence-corrected chi connectivity index (χ2v) is 6.13. The van der Waals surface area contributed by atoms with Gasteiger partial charge in [-0.1, -0.05) is 29.8 Å². The number of hydrogen-bond acceptors (Lipinski definition) is 4. The number of nitrogens with zero attached hydrogens (tertiary/aromatic N) is 3. The number of pyridine rings is 1. The van der Waals surface area contributed by atoms with Crippen LogP contribution in [0.25, 0.3) is 0 Å². The zero-order valence-electron chi connectivity index (χ0n) is 13.9. The molecule has 1 aromatic carbocycles. The van der Waals surface area contributed by atoms with E-state index in [9.17, 15) is 9.59 Å². The summed E-state index contributed by atoms with van der Waals surface area (Å²) in [5, 5.41) is 14.7. The highest BCUT2D eigenvalue weighted by Gasteiger charge is 2.21. The van der Waals surface area contributed by atoms with Gasteiger partial charge in [0.25, 0.3) is 0 Å². The Labute approximate surface area is 155 Å². The third kappa shape index (κ3) is 4.54. The molecule has 3 N–H and O–H groups in total. The van der Waals surface area contributed by atoms with E-state index in [2.05, 4.69) is 15.6 Å². The van der Waals surface area contributed by atoms with E-state index in [-0.39, 0.29) is 11.2 Å². The maximum Gasteiger partial charge on any atom is 0.407 e. The van der Waals surface area contributed by atoms with Gasteiger partial charge in [-0.15, -0.1) is 0 Å². The molecule has 0 spiro atoms. The Kier molecular flexibility index (Phi) is 5.43. The molecular formula is C17H18ClN5O3. The molecule has 1 fully saturated rings. The first kappa shape index (κ1) is 17.8. The van der Waals surface area contributed by atoms with Crippen molar-refractivity contribution in [2.45, 2.75) is 0 Å². The average Bonchev–Trinajstić information content (AvgIpc) is 2.62. The molecule has 2 aromatic rings. The van der Waals surface area contributed by atoms with Crippen molar-refractivity contribution in [1.29, 1.82) is 0 Å². The van der Waals surface area contributed by atoms with Gasteiger partial charge >= 0.3 is 12.1 Å². The zero-order chi connectivity index (χ0) is 18.5. The van der Waals surface area contributed by atoms with Gasteiger partial charge in [0.15, 0.2) is 0 Å². The van der Waals surface area contributed by atoms with Gasteiger partial charge in [-0.2, -0.15) is 0 Å². The molecule has 0 saturated carbocycles. The fourth-order valence-electron chi connectivity index (χ4n) is 2.66. The van der Waals surface area contributed by atoms with E-state index in [4.69, 9.17) is 16.7 Å². The normalized spacial score (nSPS) is 14.0. The Balaban J connectivity index is 1.66. The molecule has 136 valence electrons. The largest absolute Gasteiger partial charge is 0.465 e. The summed E-state index contributed by atoms with van der Waals surface area (Å²) < 4.78 is 0. The van der Waals surface area contributed by atoms with Crippen LogP contribution >= 0.6 is 11.6 Å². The van der Waals surface area contributed by atoms with Crippen molar-refractivity contribution in [3.8, 4) is 0 Å². The van der Waals surface area contributed by atoms with Crippen LogP contribution in [0, 0.1) is 0 Å². The summed E-state index contributed by atoms with van der Waals surface area (Å²) in [4.78, 5) is 30.7. The molecule has 26 heavy (non-hydrogen) atoms. The molecule has 1 aliphatic rings. The lowest BCUT2D eigenvalue weighted by Crippen LogP contribution is -2.48. The number of carbonyl (C=O) groups excluding carboxylic acids is 1. The summed E-state index contributed by atoms with van der Waals surface area (Å²) in [5.41, 5.74) is 1.18. The Morgan fingerprint density at radius 3 is 2.31 bits per heavy atom. The lowest BCUT2D eigenvalue weighted by molar-refractivity contribution is 0.142. The Hall–Kier alpha value is -3.00. The number of para-hydroxylation sites is 1. The number of benzene rings is 1. The maximum atomic E-state index is 12.1. The average molecular weight is 376 g/mol. The van der Waals surface area contributed by atoms with E-state index >= 15 is 0 Å². The molecule has 0 aliphatic carbocycles. The van der Waals surface area contributed by atoms with E-state index in [0.717, 1.165) is 0 Å². The van der Waals surface area contributed by atoms with Crippen LogP contribution in [0.2, 0.25) is 5.15 Å². The number of piperazine rings is 1. The topological polar surface area (TPSA) is 97.8 Å². The number of rotatable bonds is 3. The molecule has 3 rings (SSSR count). The van der Waals surface area contributed by atoms with Gasteiger partial charge in [-0.25, -0.2) is 14.6 Å². The lowest BCUT2D eigenvalue weighted by Gasteiger charge is -2.34. The van der Waals surface area contributed by atoms with Gasteiger partial charge in [0.2, 0.25) is 0 Å². The van der Waals surface area contributed by atoms with Crippen LogP contribution in [-0.4, -0.2) is 53.3 Å². The Morgan fingerprint density at radius 2 is 1.65 bits per heavy atom. The van der Waals surface area contributed by atoms with E-state index in [0.29, 0.717) is 43.4 Å². The smallest absolute Gasteiger partial charge is 0.407 e. The molecule has 1 saturated heterocycles. The van der Waals surface area contributed by atoms with Crippen molar-refractivity contribution < 1.29 is 14.7 Å². The second-order valence-electron chi connectivity index (χ2n) is 5.74. The summed E-state index contributed by atoms with van der Waals surface area (Å²) in [5.74, 6) is 0.595. The van der Waals surface area contributed by atoms with Crippen molar-refractivity contribution in [2.75, 3.05) is 41.7 Å². The lowest BCUT2D eigenvalue weighted by atomic mass is 10.3. The predicted molar refractivity (Wildman–Crippen MR) is 100 cm³/mol. The van der Waals surface area contributed by atoms with E-state index in [1.165, 1.54) is 4.90 Å². The van der Waals surface area contributed by atoms with Gasteiger partial charge in [0.05, 0.1) is 0 Å². The van der Waals surface area contributed by atoms with Gasteiger partial charge in [0, 0.05) is 43.6 Å². The first-order chi connectivity index (χ1) is 12.5. The molecule has 0 unspecified atom stereocenters. The number of anilines is 3. The van der Waals surface area contributed by atoms with Crippen LogP contribution < -0.4 is 15.5 Å². The minimum absolute atomic E-state index is 0.248. The number of hydrogen-bond donors (Lipinski definition) is 3. The molecule has 8 nitrogen and oxygen atoms in total. The number of amides is 3. The standard InChI is InChI=1S/C17H18ClN5O3/c18-14-10-13(20-16(24)19-12-4-2-1-3-5-12)11-15(21-14)22-6-8-23(9-7-22)17(25)26/h1-5,10-11H,6-9H2,(H,25,26)(H2,19,20,21,24). The van der Waals surface area contributed by atoms with E-state index in [1.807, 2.05) is 23.1 Å². The highest BCUT2D eigenvalue weighted by molar-refractivity contribution is 6.29. The molecule has 1 aliphatic heterocycles. The van der Waals surface area contributed by atoms with Crippen LogP contribution in [0.1, 0.15) is 0 Å². The van der Waals surface area contributed by atoms with Crippen molar-refractivity contribution in [2.24, 2.45) is 0 Å². The van der Waals surface area contributed by atoms with Crippen molar-refractivity contribution in [3.63, 3.8) is 0 Å². The molecule has 0 atom stereocenters. The number of nitrogens with one attached hydrogen (secondary N) is 2. The van der Waals surface area contributed by atoms with Gasteiger partial charge in [-0.05, 0) is 18.2 Å². The number of halogens is 1. The molecule has 0 bridgehead atoms. The molecule has 0 radical (unpaired) electrons. The first-order valence-electron chi connectivity index (χ1n) is 8.05. The Bertz CT molecular complexity index is 794. The molecule has 1 aromatic heterocycles. The van der Waals surface area contributed by atoms with Crippen LogP contribution in [0.15, 0.2) is 42.5 Å². The molecular weight excluding hydrogens is 358 g/mol. The number of carboxylic acid groups (broad SMARTS) is 1. The van der Waals surface area contributed by atoms with Crippen LogP contribution in [0.5, 0.6) is 0 Å². The monoisotopic (exact) mass is 375 g/mol. The quantitative estimate of drug-likeness (QED) is 0.716. The highest BCUT2D eigenvalue weighted by atomic mass is 35.5. The summed E-state index contributed by atoms with van der Waals surface area (Å²) in [7, 11) is 0. The SMILES string of the molecule is O=C(Nc1ccccc1)Nc1cc(Cl)nc(N2CCN(C(=O)O)CC2)c1. The highest BCUT2D eigenvalue weighted by Crippen LogP contribution is 2.23. The summed E-state index contributed by atoms with van der Waals surface area (Å²) in [6.45, 7) is 1.80. The van der Waals surface area contributed by atoms with Crippen molar-refractivity contribution in [1.82, 2.24) is 9.88 Å².